The Morgan fingerprint density at radius 3 is 2.03 bits per heavy atom. The van der Waals surface area contributed by atoms with Crippen LogP contribution >= 0.6 is 0 Å². The van der Waals surface area contributed by atoms with Crippen molar-refractivity contribution in [3.05, 3.63) is 95.3 Å². The number of aryl methyl sites for hydroxylation is 1. The monoisotopic (exact) mass is 504 g/mol. The average Bonchev–Trinajstić information content (AvgIpc) is 2.82. The van der Waals surface area contributed by atoms with Crippen LogP contribution in [0.3, 0.4) is 0 Å². The summed E-state index contributed by atoms with van der Waals surface area (Å²) >= 11 is 0. The van der Waals surface area contributed by atoms with Gasteiger partial charge in [0.1, 0.15) is 6.54 Å². The van der Waals surface area contributed by atoms with E-state index in [9.17, 15) is 13.0 Å². The van der Waals surface area contributed by atoms with Crippen molar-refractivity contribution in [3.8, 4) is 0 Å². The molecule has 0 spiro atoms. The summed E-state index contributed by atoms with van der Waals surface area (Å²) in [7, 11) is -4.16. The van der Waals surface area contributed by atoms with Crippen molar-refractivity contribution in [3.63, 3.8) is 0 Å². The molecule has 0 saturated heterocycles. The Balaban J connectivity index is 1.71. The van der Waals surface area contributed by atoms with Gasteiger partial charge in [0.15, 0.2) is 12.4 Å². The van der Waals surface area contributed by atoms with Gasteiger partial charge in [-0.15, -0.1) is 0 Å². The minimum absolute atomic E-state index is 0.312. The first-order valence-corrected chi connectivity index (χ1v) is 13.8. The fourth-order valence-corrected chi connectivity index (χ4v) is 4.25. The van der Waals surface area contributed by atoms with E-state index in [1.807, 2.05) is 29.1 Å². The van der Waals surface area contributed by atoms with Crippen molar-refractivity contribution in [2.45, 2.75) is 40.7 Å². The van der Waals surface area contributed by atoms with Crippen LogP contribution in [0.25, 0.3) is 22.9 Å². The summed E-state index contributed by atoms with van der Waals surface area (Å²) < 4.78 is 34.1. The molecule has 1 aromatic heterocycles. The minimum Gasteiger partial charge on any atom is -0.748 e. The number of aromatic nitrogens is 1. The smallest absolute Gasteiger partial charge is 0.169 e. The van der Waals surface area contributed by atoms with E-state index in [1.54, 1.807) is 0 Å². The maximum Gasteiger partial charge on any atom is 0.169 e. The van der Waals surface area contributed by atoms with E-state index in [0.29, 0.717) is 13.0 Å². The molecule has 0 N–H and O–H groups in total. The van der Waals surface area contributed by atoms with E-state index >= 15 is 0 Å². The highest BCUT2D eigenvalue weighted by atomic mass is 32.2. The standard InChI is InChI=1S/C30H36N2O3S/c1-24(2)12-19-32(20-13-25(3)4)30-11-10-28-22-27(8-9-29(28)23-30)7-6-26-14-17-31(18-15-26)16-5-21-36(33,34)35/h6-15,17-18,22-23H,5,16,19-21H2,1-4H3. The van der Waals surface area contributed by atoms with Crippen LogP contribution in [0.5, 0.6) is 0 Å². The van der Waals surface area contributed by atoms with Gasteiger partial charge in [-0.25, -0.2) is 13.0 Å². The van der Waals surface area contributed by atoms with Crippen LogP contribution in [0.15, 0.2) is 84.2 Å². The summed E-state index contributed by atoms with van der Waals surface area (Å²) in [6.45, 7) is 10.8. The van der Waals surface area contributed by atoms with Gasteiger partial charge in [0.25, 0.3) is 0 Å². The van der Waals surface area contributed by atoms with Crippen molar-refractivity contribution < 1.29 is 17.5 Å². The number of nitrogens with zero attached hydrogens (tertiary/aromatic N) is 2. The van der Waals surface area contributed by atoms with Gasteiger partial charge in [0, 0.05) is 43.1 Å². The topological polar surface area (TPSA) is 64.3 Å². The number of pyridine rings is 1. The molecule has 2 aromatic carbocycles. The first-order valence-electron chi connectivity index (χ1n) is 12.3. The number of hydrogen-bond acceptors (Lipinski definition) is 4. The number of anilines is 1. The molecule has 0 bridgehead atoms. The number of rotatable bonds is 11. The van der Waals surface area contributed by atoms with Crippen LogP contribution in [-0.2, 0) is 16.7 Å². The first-order chi connectivity index (χ1) is 17.1. The van der Waals surface area contributed by atoms with Gasteiger partial charge >= 0.3 is 0 Å². The molecule has 0 fully saturated rings. The number of benzene rings is 2. The lowest BCUT2D eigenvalue weighted by Gasteiger charge is -2.23. The Labute approximate surface area is 215 Å². The molecule has 5 nitrogen and oxygen atoms in total. The van der Waals surface area contributed by atoms with Gasteiger partial charge in [-0.05, 0) is 67.8 Å². The SMILES string of the molecule is CC(C)=CCN(CC=C(C)C)c1ccc2cc(/C=C/c3cc[n+](CCCS(=O)(=O)[O-])cc3)ccc2c1. The molecule has 0 unspecified atom stereocenters. The Kier molecular flexibility index (Phi) is 9.62. The quantitative estimate of drug-likeness (QED) is 0.183. The predicted octanol–water partition coefficient (Wildman–Crippen LogP) is 5.97. The van der Waals surface area contributed by atoms with Gasteiger partial charge in [0.05, 0.1) is 10.1 Å². The maximum atomic E-state index is 10.7. The van der Waals surface area contributed by atoms with Gasteiger partial charge in [-0.2, -0.15) is 0 Å². The zero-order valence-electron chi connectivity index (χ0n) is 21.6. The van der Waals surface area contributed by atoms with E-state index in [0.717, 1.165) is 24.2 Å². The third-order valence-electron chi connectivity index (χ3n) is 5.85. The van der Waals surface area contributed by atoms with Crippen LogP contribution in [0.2, 0.25) is 0 Å². The van der Waals surface area contributed by atoms with Gasteiger partial charge in [-0.1, -0.05) is 53.6 Å². The molecule has 1 heterocycles. The molecule has 0 aliphatic carbocycles. The molecule has 190 valence electrons. The highest BCUT2D eigenvalue weighted by Gasteiger charge is 2.06. The highest BCUT2D eigenvalue weighted by Crippen LogP contribution is 2.24. The fourth-order valence-electron chi connectivity index (χ4n) is 3.77. The fraction of sp³-hybridized carbons (Fsp3) is 0.300. The Hall–Kier alpha value is -3.22. The molecular weight excluding hydrogens is 468 g/mol. The molecule has 3 rings (SSSR count). The lowest BCUT2D eigenvalue weighted by Crippen LogP contribution is -2.33. The first kappa shape index (κ1) is 27.4. The molecule has 0 amide bonds. The second-order valence-electron chi connectivity index (χ2n) is 9.58. The maximum absolute atomic E-state index is 10.7. The summed E-state index contributed by atoms with van der Waals surface area (Å²) in [5, 5.41) is 2.41. The van der Waals surface area contributed by atoms with Crippen LogP contribution < -0.4 is 9.47 Å². The summed E-state index contributed by atoms with van der Waals surface area (Å²) in [4.78, 5) is 2.38. The summed E-state index contributed by atoms with van der Waals surface area (Å²) in [5.41, 5.74) is 6.02. The normalized spacial score (nSPS) is 11.6. The van der Waals surface area contributed by atoms with E-state index in [2.05, 4.69) is 93.3 Å². The predicted molar refractivity (Wildman–Crippen MR) is 150 cm³/mol. The van der Waals surface area contributed by atoms with Crippen LogP contribution in [-0.4, -0.2) is 31.8 Å². The molecule has 0 radical (unpaired) electrons. The zero-order chi connectivity index (χ0) is 26.1. The second-order valence-corrected chi connectivity index (χ2v) is 11.1. The van der Waals surface area contributed by atoms with E-state index in [-0.39, 0.29) is 5.75 Å². The number of hydrogen-bond donors (Lipinski definition) is 0. The largest absolute Gasteiger partial charge is 0.748 e. The average molecular weight is 505 g/mol. The van der Waals surface area contributed by atoms with Gasteiger partial charge in [-0.3, -0.25) is 0 Å². The molecule has 0 atom stereocenters. The van der Waals surface area contributed by atoms with E-state index < -0.39 is 10.1 Å². The molecule has 6 heteroatoms. The lowest BCUT2D eigenvalue weighted by molar-refractivity contribution is -0.696. The number of fused-ring (bicyclic) bond motifs is 1. The van der Waals surface area contributed by atoms with Crippen LogP contribution in [0.4, 0.5) is 5.69 Å². The van der Waals surface area contributed by atoms with E-state index in [1.165, 1.54) is 27.6 Å². The molecule has 0 aliphatic rings. The molecule has 3 aromatic rings. The Bertz CT molecular complexity index is 1340. The van der Waals surface area contributed by atoms with Crippen molar-refractivity contribution in [1.29, 1.82) is 0 Å². The van der Waals surface area contributed by atoms with Crippen molar-refractivity contribution in [2.24, 2.45) is 0 Å². The summed E-state index contributed by atoms with van der Waals surface area (Å²) in [6, 6.07) is 17.1. The third-order valence-corrected chi connectivity index (χ3v) is 6.64. The highest BCUT2D eigenvalue weighted by molar-refractivity contribution is 7.85. The molecule has 36 heavy (non-hydrogen) atoms. The van der Waals surface area contributed by atoms with Crippen molar-refractivity contribution >= 4 is 38.7 Å². The Morgan fingerprint density at radius 2 is 1.42 bits per heavy atom. The third kappa shape index (κ3) is 9.10. The van der Waals surface area contributed by atoms with Crippen molar-refractivity contribution in [2.75, 3.05) is 23.7 Å². The molecule has 0 aliphatic heterocycles. The van der Waals surface area contributed by atoms with E-state index in [4.69, 9.17) is 0 Å². The Morgan fingerprint density at radius 1 is 0.833 bits per heavy atom. The zero-order valence-corrected chi connectivity index (χ0v) is 22.5. The van der Waals surface area contributed by atoms with Gasteiger partial charge in [0.2, 0.25) is 0 Å². The van der Waals surface area contributed by atoms with Crippen LogP contribution in [0.1, 0.15) is 45.2 Å². The second kappa shape index (κ2) is 12.7. The van der Waals surface area contributed by atoms with Gasteiger partial charge < -0.3 is 9.45 Å². The summed E-state index contributed by atoms with van der Waals surface area (Å²) in [5.74, 6) is -0.339. The van der Waals surface area contributed by atoms with Crippen LogP contribution in [0, 0.1) is 0 Å². The molecular formula is C30H36N2O3S. The molecule has 0 saturated carbocycles. The van der Waals surface area contributed by atoms with Crippen molar-refractivity contribution in [1.82, 2.24) is 0 Å². The number of allylic oxidation sites excluding steroid dienone is 2. The lowest BCUT2D eigenvalue weighted by atomic mass is 10.0. The minimum atomic E-state index is -4.16. The summed E-state index contributed by atoms with van der Waals surface area (Å²) in [6.07, 6.45) is 12.8.